The largest absolute Gasteiger partial charge is 0.462 e. The van der Waals surface area contributed by atoms with Crippen LogP contribution in [0.3, 0.4) is 0 Å². The molecular weight excluding hydrogens is 286 g/mol. The second kappa shape index (κ2) is 6.80. The third-order valence-electron chi connectivity index (χ3n) is 4.20. The van der Waals surface area contributed by atoms with Gasteiger partial charge >= 0.3 is 5.97 Å². The van der Waals surface area contributed by atoms with Crippen molar-refractivity contribution >= 4 is 27.5 Å². The summed E-state index contributed by atoms with van der Waals surface area (Å²) in [5.41, 5.74) is 1.25. The van der Waals surface area contributed by atoms with Gasteiger partial charge in [0.25, 0.3) is 0 Å². The van der Waals surface area contributed by atoms with Crippen molar-refractivity contribution in [2.45, 2.75) is 26.4 Å². The number of carbonyl (C=O) groups excluding carboxylic acids is 1. The van der Waals surface area contributed by atoms with Crippen LogP contribution in [-0.4, -0.2) is 18.6 Å². The van der Waals surface area contributed by atoms with Crippen LogP contribution in [0.5, 0.6) is 0 Å². The summed E-state index contributed by atoms with van der Waals surface area (Å²) in [6, 6.07) is 18.9. The quantitative estimate of drug-likeness (QED) is 0.581. The van der Waals surface area contributed by atoms with Gasteiger partial charge in [0.05, 0.1) is 6.61 Å². The van der Waals surface area contributed by atoms with Crippen LogP contribution >= 0.6 is 0 Å². The van der Waals surface area contributed by atoms with Gasteiger partial charge < -0.3 is 10.1 Å². The minimum atomic E-state index is -0.194. The van der Waals surface area contributed by atoms with Crippen molar-refractivity contribution in [2.75, 3.05) is 6.61 Å². The fourth-order valence-corrected chi connectivity index (χ4v) is 2.97. The van der Waals surface area contributed by atoms with Gasteiger partial charge in [-0.05, 0) is 41.5 Å². The maximum Gasteiger partial charge on any atom is 0.364 e. The second-order valence-corrected chi connectivity index (χ2v) is 5.78. The number of benzene rings is 3. The molecule has 3 aromatic rings. The molecule has 0 saturated carbocycles. The summed E-state index contributed by atoms with van der Waals surface area (Å²) in [5, 5.41) is 7.05. The Morgan fingerprint density at radius 1 is 1.04 bits per heavy atom. The Kier molecular flexibility index (Phi) is 4.58. The molecule has 0 aliphatic rings. The zero-order valence-electron chi connectivity index (χ0n) is 13.6. The molecule has 23 heavy (non-hydrogen) atoms. The van der Waals surface area contributed by atoms with Gasteiger partial charge in [0.15, 0.2) is 6.04 Å². The molecule has 0 amide bonds. The Hall–Kier alpha value is -2.39. The van der Waals surface area contributed by atoms with Crippen LogP contribution in [0.4, 0.5) is 0 Å². The van der Waals surface area contributed by atoms with Gasteiger partial charge in [-0.2, -0.15) is 0 Å². The highest BCUT2D eigenvalue weighted by molar-refractivity contribution is 6.08. The summed E-state index contributed by atoms with van der Waals surface area (Å²) < 4.78 is 5.08. The number of quaternary nitrogens is 1. The third kappa shape index (κ3) is 3.20. The molecule has 0 aliphatic heterocycles. The fourth-order valence-electron chi connectivity index (χ4n) is 2.97. The molecule has 3 aromatic carbocycles. The van der Waals surface area contributed by atoms with E-state index in [4.69, 9.17) is 4.74 Å². The first-order valence-corrected chi connectivity index (χ1v) is 8.10. The molecular formula is C20H22NO2+. The minimum absolute atomic E-state index is 0.155. The van der Waals surface area contributed by atoms with E-state index >= 15 is 0 Å². The van der Waals surface area contributed by atoms with Gasteiger partial charge in [0, 0.05) is 5.56 Å². The molecule has 1 atom stereocenters. The van der Waals surface area contributed by atoms with E-state index in [0.29, 0.717) is 6.61 Å². The Labute approximate surface area is 136 Å². The Morgan fingerprint density at radius 2 is 1.70 bits per heavy atom. The fraction of sp³-hybridized carbons (Fsp3) is 0.250. The van der Waals surface area contributed by atoms with Crippen molar-refractivity contribution in [3.8, 4) is 0 Å². The van der Waals surface area contributed by atoms with E-state index in [2.05, 4.69) is 54.6 Å². The number of carbonyl (C=O) groups is 1. The predicted molar refractivity (Wildman–Crippen MR) is 93.2 cm³/mol. The maximum atomic E-state index is 11.8. The number of esters is 1. The number of ether oxygens (including phenoxy) is 1. The average molecular weight is 308 g/mol. The van der Waals surface area contributed by atoms with Crippen molar-refractivity contribution in [1.82, 2.24) is 0 Å². The molecule has 0 bridgehead atoms. The summed E-state index contributed by atoms with van der Waals surface area (Å²) in [6.07, 6.45) is 0. The Balaban J connectivity index is 1.95. The summed E-state index contributed by atoms with van der Waals surface area (Å²) in [7, 11) is 0. The summed E-state index contributed by atoms with van der Waals surface area (Å²) in [6.45, 7) is 4.91. The number of rotatable bonds is 5. The highest BCUT2D eigenvalue weighted by Crippen LogP contribution is 2.28. The smallest absolute Gasteiger partial charge is 0.364 e. The van der Waals surface area contributed by atoms with Crippen LogP contribution in [0, 0.1) is 0 Å². The Morgan fingerprint density at radius 3 is 2.43 bits per heavy atom. The number of fused-ring (bicyclic) bond motifs is 3. The SMILES string of the molecule is CCOC(=O)C(C)[NH2+]Cc1cc2ccccc2c2ccccc12. The Bertz CT molecular complexity index is 841. The normalized spacial score (nSPS) is 12.4. The van der Waals surface area contributed by atoms with Crippen molar-refractivity contribution < 1.29 is 14.8 Å². The minimum Gasteiger partial charge on any atom is -0.462 e. The predicted octanol–water partition coefficient (Wildman–Crippen LogP) is 3.01. The molecule has 3 rings (SSSR count). The molecule has 0 aromatic heterocycles. The molecule has 0 saturated heterocycles. The lowest BCUT2D eigenvalue weighted by molar-refractivity contribution is -0.690. The highest BCUT2D eigenvalue weighted by atomic mass is 16.5. The lowest BCUT2D eigenvalue weighted by Crippen LogP contribution is -2.89. The van der Waals surface area contributed by atoms with Crippen LogP contribution in [0.15, 0.2) is 54.6 Å². The van der Waals surface area contributed by atoms with Crippen LogP contribution < -0.4 is 5.32 Å². The molecule has 3 nitrogen and oxygen atoms in total. The first kappa shape index (κ1) is 15.5. The summed E-state index contributed by atoms with van der Waals surface area (Å²) in [4.78, 5) is 11.8. The monoisotopic (exact) mass is 308 g/mol. The number of nitrogens with two attached hydrogens (primary N) is 1. The number of hydrogen-bond donors (Lipinski definition) is 1. The molecule has 0 radical (unpaired) electrons. The third-order valence-corrected chi connectivity index (χ3v) is 4.20. The van der Waals surface area contributed by atoms with Gasteiger partial charge in [-0.25, -0.2) is 4.79 Å². The molecule has 0 fully saturated rings. The van der Waals surface area contributed by atoms with Gasteiger partial charge in [0.2, 0.25) is 0 Å². The van der Waals surface area contributed by atoms with Gasteiger partial charge in [-0.3, -0.25) is 0 Å². The molecule has 0 spiro atoms. The van der Waals surface area contributed by atoms with Crippen molar-refractivity contribution in [3.63, 3.8) is 0 Å². The van der Waals surface area contributed by atoms with E-state index in [1.807, 2.05) is 19.2 Å². The van der Waals surface area contributed by atoms with E-state index in [0.717, 1.165) is 6.54 Å². The first-order valence-electron chi connectivity index (χ1n) is 8.10. The number of hydrogen-bond acceptors (Lipinski definition) is 2. The van der Waals surface area contributed by atoms with Crippen LogP contribution in [0.2, 0.25) is 0 Å². The van der Waals surface area contributed by atoms with Crippen molar-refractivity contribution in [2.24, 2.45) is 0 Å². The first-order chi connectivity index (χ1) is 11.2. The zero-order valence-corrected chi connectivity index (χ0v) is 13.6. The summed E-state index contributed by atoms with van der Waals surface area (Å²) in [5.74, 6) is -0.155. The topological polar surface area (TPSA) is 42.9 Å². The van der Waals surface area contributed by atoms with E-state index in [1.54, 1.807) is 0 Å². The van der Waals surface area contributed by atoms with Crippen molar-refractivity contribution in [1.29, 1.82) is 0 Å². The van der Waals surface area contributed by atoms with Gasteiger partial charge in [0.1, 0.15) is 6.54 Å². The second-order valence-electron chi connectivity index (χ2n) is 5.78. The molecule has 2 N–H and O–H groups in total. The molecule has 1 unspecified atom stereocenters. The lowest BCUT2D eigenvalue weighted by Gasteiger charge is -2.13. The van der Waals surface area contributed by atoms with Crippen LogP contribution in [0.1, 0.15) is 19.4 Å². The van der Waals surface area contributed by atoms with E-state index in [9.17, 15) is 4.79 Å². The molecule has 118 valence electrons. The summed E-state index contributed by atoms with van der Waals surface area (Å²) >= 11 is 0. The van der Waals surface area contributed by atoms with E-state index in [-0.39, 0.29) is 12.0 Å². The average Bonchev–Trinajstić information content (AvgIpc) is 2.59. The van der Waals surface area contributed by atoms with Gasteiger partial charge in [-0.15, -0.1) is 0 Å². The highest BCUT2D eigenvalue weighted by Gasteiger charge is 2.17. The molecule has 3 heteroatoms. The lowest BCUT2D eigenvalue weighted by atomic mass is 9.97. The van der Waals surface area contributed by atoms with E-state index < -0.39 is 0 Å². The standard InChI is InChI=1S/C20H21NO2/c1-3-23-20(22)14(2)21-13-16-12-15-8-4-5-9-17(15)19-11-7-6-10-18(16)19/h4-12,14,21H,3,13H2,1-2H3/p+1. The van der Waals surface area contributed by atoms with E-state index in [1.165, 1.54) is 27.1 Å². The van der Waals surface area contributed by atoms with Crippen molar-refractivity contribution in [3.05, 3.63) is 60.2 Å². The molecule has 0 aliphatic carbocycles. The van der Waals surface area contributed by atoms with Crippen LogP contribution in [-0.2, 0) is 16.1 Å². The maximum absolute atomic E-state index is 11.8. The van der Waals surface area contributed by atoms with Crippen LogP contribution in [0.25, 0.3) is 21.5 Å². The molecule has 0 heterocycles. The zero-order chi connectivity index (χ0) is 16.2. The van der Waals surface area contributed by atoms with Gasteiger partial charge in [-0.1, -0.05) is 48.5 Å².